The topological polar surface area (TPSA) is 314 Å². The summed E-state index contributed by atoms with van der Waals surface area (Å²) in [5.74, 6) is -3.95. The van der Waals surface area contributed by atoms with E-state index in [0.29, 0.717) is 0 Å². The number of hydrogen-bond donors (Lipinski definition) is 10. The summed E-state index contributed by atoms with van der Waals surface area (Å²) in [4.78, 5) is 20.0. The van der Waals surface area contributed by atoms with Crippen LogP contribution in [0.5, 0.6) is 0 Å². The van der Waals surface area contributed by atoms with Crippen molar-refractivity contribution in [3.8, 4) is 0 Å². The number of rotatable bonds is 10. The first-order chi connectivity index (χ1) is 11.8. The first kappa shape index (κ1) is 35.2. The predicted molar refractivity (Wildman–Crippen MR) is 81.6 cm³/mol. The first-order valence-corrected chi connectivity index (χ1v) is 6.91. The summed E-state index contributed by atoms with van der Waals surface area (Å²) < 4.78 is 0. The van der Waals surface area contributed by atoms with Gasteiger partial charge in [0.15, 0.2) is 0 Å². The Bertz CT molecular complexity index is 386. The van der Waals surface area contributed by atoms with Crippen LogP contribution < -0.4 is 10.2 Å². The molecule has 0 amide bonds. The standard InChI is InChI=1S/2C6H12O7.Ca.H2O/c2*7-1-2(8)3(9)4(10)5(11)6(12)13;;/h2*2-5,7-11H,1H2,(H,12,13);;1H2/q;;+2;/p-2/t2*2-,3-,4+,5-;;/m11../s1. The third-order valence-corrected chi connectivity index (χ3v) is 2.99. The second-order valence-corrected chi connectivity index (χ2v) is 4.99. The van der Waals surface area contributed by atoms with Crippen LogP contribution in [0.4, 0.5) is 0 Å². The van der Waals surface area contributed by atoms with Crippen LogP contribution in [0.25, 0.3) is 0 Å². The summed E-state index contributed by atoms with van der Waals surface area (Å²) >= 11 is 0. The Morgan fingerprint density at radius 1 is 0.607 bits per heavy atom. The molecule has 28 heavy (non-hydrogen) atoms. The molecule has 0 heterocycles. The molecule has 15 nitrogen and oxygen atoms in total. The first-order valence-electron chi connectivity index (χ1n) is 6.91. The van der Waals surface area contributed by atoms with E-state index in [2.05, 4.69) is 0 Å². The Balaban J connectivity index is -0.000000192. The molecule has 0 aliphatic carbocycles. The van der Waals surface area contributed by atoms with Gasteiger partial charge in [0.2, 0.25) is 0 Å². The fourth-order valence-corrected chi connectivity index (χ4v) is 1.32. The number of carbonyl (C=O) groups is 2. The monoisotopic (exact) mass is 448 g/mol. The molecule has 16 heteroatoms. The number of aliphatic hydroxyl groups is 10. The average molecular weight is 448 g/mol. The van der Waals surface area contributed by atoms with E-state index >= 15 is 0 Å². The van der Waals surface area contributed by atoms with Crippen LogP contribution in [-0.4, -0.2) is 168 Å². The van der Waals surface area contributed by atoms with E-state index < -0.39 is 74.0 Å². The Kier molecular flexibility index (Phi) is 22.1. The average Bonchev–Trinajstić information content (AvgIpc) is 2.62. The van der Waals surface area contributed by atoms with E-state index in [1.165, 1.54) is 0 Å². The molecule has 0 fully saturated rings. The fraction of sp³-hybridized carbons (Fsp3) is 0.833. The third-order valence-electron chi connectivity index (χ3n) is 2.99. The molecule has 12 N–H and O–H groups in total. The zero-order chi connectivity index (χ0) is 21.2. The number of carboxylic acids is 2. The molecule has 0 aromatic heterocycles. The van der Waals surface area contributed by atoms with Gasteiger partial charge in [-0.2, -0.15) is 0 Å². The van der Waals surface area contributed by atoms with Crippen molar-refractivity contribution in [3.05, 3.63) is 0 Å². The summed E-state index contributed by atoms with van der Waals surface area (Å²) in [5, 5.41) is 107. The van der Waals surface area contributed by atoms with Crippen LogP contribution in [-0.2, 0) is 9.59 Å². The second kappa shape index (κ2) is 17.6. The van der Waals surface area contributed by atoms with E-state index in [1.54, 1.807) is 0 Å². The molecule has 0 radical (unpaired) electrons. The summed E-state index contributed by atoms with van der Waals surface area (Å²) in [6.07, 6.45) is -16.2. The van der Waals surface area contributed by atoms with Crippen molar-refractivity contribution >= 4 is 49.7 Å². The minimum atomic E-state index is -2.31. The molecule has 164 valence electrons. The minimum absolute atomic E-state index is 0. The van der Waals surface area contributed by atoms with Crippen molar-refractivity contribution in [2.24, 2.45) is 0 Å². The summed E-state index contributed by atoms with van der Waals surface area (Å²) in [5.41, 5.74) is 0. The summed E-state index contributed by atoms with van der Waals surface area (Å²) in [7, 11) is 0. The molecule has 0 aromatic carbocycles. The molecule has 8 atom stereocenters. The van der Waals surface area contributed by atoms with E-state index in [1.807, 2.05) is 0 Å². The van der Waals surface area contributed by atoms with Crippen molar-refractivity contribution < 1.29 is 76.3 Å². The van der Waals surface area contributed by atoms with Gasteiger partial charge >= 0.3 is 37.7 Å². The number of aliphatic hydroxyl groups excluding tert-OH is 10. The van der Waals surface area contributed by atoms with Gasteiger partial charge in [-0.05, 0) is 0 Å². The smallest absolute Gasteiger partial charge is 0.547 e. The summed E-state index contributed by atoms with van der Waals surface area (Å²) in [6, 6.07) is 0. The van der Waals surface area contributed by atoms with E-state index in [4.69, 9.17) is 51.1 Å². The van der Waals surface area contributed by atoms with Gasteiger partial charge in [0, 0.05) is 0 Å². The maximum absolute atomic E-state index is 9.98. The zero-order valence-electron chi connectivity index (χ0n) is 14.3. The fourth-order valence-electron chi connectivity index (χ4n) is 1.32. The molecular formula is C12H24CaO15. The molecule has 0 unspecified atom stereocenters. The van der Waals surface area contributed by atoms with Gasteiger partial charge in [-0.1, -0.05) is 0 Å². The van der Waals surface area contributed by atoms with E-state index in [0.717, 1.165) is 0 Å². The van der Waals surface area contributed by atoms with E-state index in [9.17, 15) is 19.8 Å². The van der Waals surface area contributed by atoms with Gasteiger partial charge < -0.3 is 76.3 Å². The summed E-state index contributed by atoms with van der Waals surface area (Å²) in [6.45, 7) is -1.73. The molecule has 0 rings (SSSR count). The normalized spacial score (nSPS) is 18.9. The van der Waals surface area contributed by atoms with Gasteiger partial charge in [-0.3, -0.25) is 0 Å². The maximum atomic E-state index is 9.98. The van der Waals surface area contributed by atoms with Gasteiger partial charge in [-0.25, -0.2) is 0 Å². The Morgan fingerprint density at radius 3 is 0.964 bits per heavy atom. The molecule has 0 saturated carbocycles. The zero-order valence-corrected chi connectivity index (χ0v) is 16.6. The number of hydrogen-bond acceptors (Lipinski definition) is 14. The Labute approximate surface area is 187 Å². The minimum Gasteiger partial charge on any atom is -0.547 e. The molecule has 0 aromatic rings. The quantitative estimate of drug-likeness (QED) is 0.139. The van der Waals surface area contributed by atoms with Gasteiger partial charge in [-0.15, -0.1) is 0 Å². The molecule has 0 spiro atoms. The van der Waals surface area contributed by atoms with Crippen molar-refractivity contribution in [2.45, 2.75) is 48.8 Å². The predicted octanol–water partition coefficient (Wildman–Crippen LogP) is -10.9. The van der Waals surface area contributed by atoms with Crippen LogP contribution >= 0.6 is 0 Å². The largest absolute Gasteiger partial charge is 2.00 e. The number of carbonyl (C=O) groups excluding carboxylic acids is 2. The molecule has 0 aliphatic rings. The van der Waals surface area contributed by atoms with Crippen LogP contribution in [0.1, 0.15) is 0 Å². The second-order valence-electron chi connectivity index (χ2n) is 4.99. The number of aliphatic carboxylic acids is 2. The number of carboxylic acid groups (broad SMARTS) is 2. The van der Waals surface area contributed by atoms with Crippen molar-refractivity contribution in [1.82, 2.24) is 0 Å². The molecule has 0 saturated heterocycles. The Morgan fingerprint density at radius 2 is 0.821 bits per heavy atom. The van der Waals surface area contributed by atoms with Gasteiger partial charge in [0.05, 0.1) is 25.2 Å². The SMILES string of the molecule is O.O=C([O-])[C@H](O)[C@@H](O)[C@H](O)[C@H](O)CO.O=C([O-])[C@H](O)[C@@H](O)[C@H](O)[C@H](O)CO.[Ca+2]. The van der Waals surface area contributed by atoms with Crippen molar-refractivity contribution in [1.29, 1.82) is 0 Å². The molecular weight excluding hydrogens is 424 g/mol. The molecule has 0 aliphatic heterocycles. The van der Waals surface area contributed by atoms with E-state index in [-0.39, 0.29) is 43.2 Å². The van der Waals surface area contributed by atoms with Gasteiger partial charge in [0.25, 0.3) is 0 Å². The third kappa shape index (κ3) is 12.3. The maximum Gasteiger partial charge on any atom is 2.00 e. The van der Waals surface area contributed by atoms with Crippen molar-refractivity contribution in [3.63, 3.8) is 0 Å². The van der Waals surface area contributed by atoms with Crippen molar-refractivity contribution in [2.75, 3.05) is 13.2 Å². The van der Waals surface area contributed by atoms with Crippen LogP contribution in [0.15, 0.2) is 0 Å². The van der Waals surface area contributed by atoms with Crippen LogP contribution in [0, 0.1) is 0 Å². The van der Waals surface area contributed by atoms with Crippen LogP contribution in [0.2, 0.25) is 0 Å². The molecule has 0 bridgehead atoms. The van der Waals surface area contributed by atoms with Gasteiger partial charge in [0.1, 0.15) is 48.8 Å². The van der Waals surface area contributed by atoms with Crippen LogP contribution in [0.3, 0.4) is 0 Å². The Hall–Kier alpha value is -0.240.